The SMILES string of the molecule is CC(CC(C)C)=NCS(=O)(=O)C(C)O. The lowest BCUT2D eigenvalue weighted by Gasteiger charge is -2.06. The van der Waals surface area contributed by atoms with E-state index in [4.69, 9.17) is 5.11 Å². The smallest absolute Gasteiger partial charge is 0.196 e. The normalized spacial score (nSPS) is 16.0. The third-order valence-electron chi connectivity index (χ3n) is 1.74. The summed E-state index contributed by atoms with van der Waals surface area (Å²) in [5.41, 5.74) is -0.526. The van der Waals surface area contributed by atoms with Gasteiger partial charge in [0.25, 0.3) is 0 Å². The van der Waals surface area contributed by atoms with E-state index in [9.17, 15) is 8.42 Å². The van der Waals surface area contributed by atoms with Gasteiger partial charge in [-0.1, -0.05) is 13.8 Å². The van der Waals surface area contributed by atoms with Gasteiger partial charge in [-0.05, 0) is 26.2 Å². The summed E-state index contributed by atoms with van der Waals surface area (Å²) < 4.78 is 22.3. The number of aliphatic hydroxyl groups is 1. The first kappa shape index (κ1) is 13.6. The molecule has 5 heteroatoms. The van der Waals surface area contributed by atoms with Crippen molar-refractivity contribution in [3.63, 3.8) is 0 Å². The number of hydrogen-bond donors (Lipinski definition) is 1. The summed E-state index contributed by atoms with van der Waals surface area (Å²) in [5.74, 6) is 0.149. The fourth-order valence-corrected chi connectivity index (χ4v) is 1.58. The Morgan fingerprint density at radius 3 is 2.21 bits per heavy atom. The topological polar surface area (TPSA) is 66.7 Å². The van der Waals surface area contributed by atoms with Crippen molar-refractivity contribution in [3.05, 3.63) is 0 Å². The van der Waals surface area contributed by atoms with E-state index in [0.29, 0.717) is 5.92 Å². The van der Waals surface area contributed by atoms with Crippen LogP contribution in [0.1, 0.15) is 34.1 Å². The highest BCUT2D eigenvalue weighted by Gasteiger charge is 2.16. The van der Waals surface area contributed by atoms with Crippen LogP contribution in [0.5, 0.6) is 0 Å². The maximum atomic E-state index is 11.2. The molecule has 0 aliphatic rings. The number of hydrogen-bond acceptors (Lipinski definition) is 4. The third-order valence-corrected chi connectivity index (χ3v) is 3.27. The molecule has 14 heavy (non-hydrogen) atoms. The van der Waals surface area contributed by atoms with E-state index in [-0.39, 0.29) is 5.88 Å². The Morgan fingerprint density at radius 2 is 1.86 bits per heavy atom. The zero-order chi connectivity index (χ0) is 11.4. The Hall–Kier alpha value is -0.420. The van der Waals surface area contributed by atoms with Crippen molar-refractivity contribution in [2.75, 3.05) is 5.88 Å². The molecule has 84 valence electrons. The highest BCUT2D eigenvalue weighted by atomic mass is 32.2. The molecule has 0 spiro atoms. The van der Waals surface area contributed by atoms with Crippen LogP contribution >= 0.6 is 0 Å². The number of aliphatic imine (C=N–C) groups is 1. The Bertz CT molecular complexity index is 291. The molecule has 1 N–H and O–H groups in total. The molecule has 0 radical (unpaired) electrons. The molecule has 0 aliphatic heterocycles. The Labute approximate surface area is 86.0 Å². The van der Waals surface area contributed by atoms with E-state index >= 15 is 0 Å². The van der Waals surface area contributed by atoms with Crippen molar-refractivity contribution < 1.29 is 13.5 Å². The number of sulfone groups is 1. The summed E-state index contributed by atoms with van der Waals surface area (Å²) in [6, 6.07) is 0. The fraction of sp³-hybridized carbons (Fsp3) is 0.889. The van der Waals surface area contributed by atoms with Gasteiger partial charge in [-0.15, -0.1) is 0 Å². The van der Waals surface area contributed by atoms with E-state index in [1.54, 1.807) is 6.92 Å². The minimum Gasteiger partial charge on any atom is -0.377 e. The van der Waals surface area contributed by atoms with Gasteiger partial charge < -0.3 is 5.11 Å². The minimum absolute atomic E-state index is 0.316. The Balaban J connectivity index is 4.29. The van der Waals surface area contributed by atoms with Crippen LogP contribution in [-0.2, 0) is 9.84 Å². The highest BCUT2D eigenvalue weighted by molar-refractivity contribution is 7.91. The molecule has 0 aromatic rings. The molecular weight excluding hydrogens is 202 g/mol. The standard InChI is InChI=1S/C9H19NO3S/c1-7(2)5-8(3)10-6-14(12,13)9(4)11/h7,9,11H,5-6H2,1-4H3. The van der Waals surface area contributed by atoms with Gasteiger partial charge in [0.15, 0.2) is 15.3 Å². The second-order valence-corrected chi connectivity index (χ2v) is 6.15. The van der Waals surface area contributed by atoms with Crippen molar-refractivity contribution >= 4 is 15.5 Å². The summed E-state index contributed by atoms with van der Waals surface area (Å²) in [6.07, 6.45) is 0.787. The molecule has 1 atom stereocenters. The van der Waals surface area contributed by atoms with Gasteiger partial charge in [-0.25, -0.2) is 8.42 Å². The van der Waals surface area contributed by atoms with E-state index in [1.165, 1.54) is 6.92 Å². The molecule has 0 amide bonds. The maximum absolute atomic E-state index is 11.2. The monoisotopic (exact) mass is 221 g/mol. The number of rotatable bonds is 5. The largest absolute Gasteiger partial charge is 0.377 e. The number of nitrogens with zero attached hydrogens (tertiary/aromatic N) is 1. The lowest BCUT2D eigenvalue weighted by Crippen LogP contribution is -2.20. The molecule has 0 fully saturated rings. The van der Waals surface area contributed by atoms with E-state index < -0.39 is 15.3 Å². The first-order valence-corrected chi connectivity index (χ1v) is 6.37. The third kappa shape index (κ3) is 5.34. The van der Waals surface area contributed by atoms with E-state index in [0.717, 1.165) is 12.1 Å². The van der Waals surface area contributed by atoms with E-state index in [2.05, 4.69) is 4.99 Å². The summed E-state index contributed by atoms with van der Waals surface area (Å²) in [7, 11) is -3.46. The molecule has 0 rings (SSSR count). The van der Waals surface area contributed by atoms with Gasteiger partial charge in [0.2, 0.25) is 0 Å². The van der Waals surface area contributed by atoms with Crippen molar-refractivity contribution in [1.29, 1.82) is 0 Å². The van der Waals surface area contributed by atoms with Crippen LogP contribution in [0, 0.1) is 5.92 Å². The second-order valence-electron chi connectivity index (χ2n) is 3.88. The molecule has 0 aliphatic carbocycles. The van der Waals surface area contributed by atoms with Gasteiger partial charge in [0.1, 0.15) is 5.88 Å². The number of aliphatic hydroxyl groups excluding tert-OH is 1. The highest BCUT2D eigenvalue weighted by Crippen LogP contribution is 2.04. The van der Waals surface area contributed by atoms with Crippen molar-refractivity contribution in [2.45, 2.75) is 39.6 Å². The van der Waals surface area contributed by atoms with E-state index in [1.807, 2.05) is 13.8 Å². The quantitative estimate of drug-likeness (QED) is 0.709. The van der Waals surface area contributed by atoms with Gasteiger partial charge in [0.05, 0.1) is 0 Å². The minimum atomic E-state index is -3.46. The molecule has 0 bridgehead atoms. The molecule has 1 unspecified atom stereocenters. The molecule has 0 saturated carbocycles. The van der Waals surface area contributed by atoms with Crippen molar-refractivity contribution in [2.24, 2.45) is 10.9 Å². The van der Waals surface area contributed by atoms with Gasteiger partial charge in [-0.2, -0.15) is 0 Å². The summed E-state index contributed by atoms with van der Waals surface area (Å²) in [5, 5.41) is 8.92. The Morgan fingerprint density at radius 1 is 1.36 bits per heavy atom. The van der Waals surface area contributed by atoms with Crippen LogP contribution in [0.25, 0.3) is 0 Å². The summed E-state index contributed by atoms with van der Waals surface area (Å²) in [6.45, 7) is 7.13. The molecule has 0 aromatic carbocycles. The average molecular weight is 221 g/mol. The predicted molar refractivity (Wildman–Crippen MR) is 58.0 cm³/mol. The fourth-order valence-electron chi connectivity index (χ4n) is 0.963. The van der Waals surface area contributed by atoms with Crippen molar-refractivity contribution in [3.8, 4) is 0 Å². The summed E-state index contributed by atoms with van der Waals surface area (Å²) >= 11 is 0. The molecule has 0 aromatic heterocycles. The first-order chi connectivity index (χ1) is 6.25. The van der Waals surface area contributed by atoms with Crippen LogP contribution in [0.3, 0.4) is 0 Å². The molecular formula is C9H19NO3S. The maximum Gasteiger partial charge on any atom is 0.196 e. The lowest BCUT2D eigenvalue weighted by atomic mass is 10.1. The lowest BCUT2D eigenvalue weighted by molar-refractivity contribution is 0.268. The molecule has 0 saturated heterocycles. The average Bonchev–Trinajstić information content (AvgIpc) is 1.99. The zero-order valence-corrected chi connectivity index (χ0v) is 10.0. The van der Waals surface area contributed by atoms with Crippen LogP contribution < -0.4 is 0 Å². The second kappa shape index (κ2) is 5.46. The van der Waals surface area contributed by atoms with Crippen LogP contribution in [0.2, 0.25) is 0 Å². The van der Waals surface area contributed by atoms with Crippen LogP contribution in [0.4, 0.5) is 0 Å². The van der Waals surface area contributed by atoms with Crippen LogP contribution in [-0.4, -0.2) is 30.5 Å². The van der Waals surface area contributed by atoms with Gasteiger partial charge in [0, 0.05) is 5.71 Å². The van der Waals surface area contributed by atoms with Gasteiger partial charge in [-0.3, -0.25) is 4.99 Å². The first-order valence-electron chi connectivity index (χ1n) is 4.65. The van der Waals surface area contributed by atoms with Crippen LogP contribution in [0.15, 0.2) is 4.99 Å². The molecule has 4 nitrogen and oxygen atoms in total. The zero-order valence-electron chi connectivity index (χ0n) is 9.19. The Kier molecular flexibility index (Phi) is 5.29. The predicted octanol–water partition coefficient (Wildman–Crippen LogP) is 1.20. The molecule has 0 heterocycles. The van der Waals surface area contributed by atoms with Crippen molar-refractivity contribution in [1.82, 2.24) is 0 Å². The summed E-state index contributed by atoms with van der Waals surface area (Å²) in [4.78, 5) is 3.93. The van der Waals surface area contributed by atoms with Gasteiger partial charge >= 0.3 is 0 Å².